The molecule has 0 unspecified atom stereocenters. The van der Waals surface area contributed by atoms with Crippen molar-refractivity contribution in [3.8, 4) is 0 Å². The van der Waals surface area contributed by atoms with Crippen LogP contribution in [0.25, 0.3) is 16.7 Å². The van der Waals surface area contributed by atoms with Gasteiger partial charge in [-0.05, 0) is 49.2 Å². The van der Waals surface area contributed by atoms with Crippen LogP contribution in [-0.4, -0.2) is 25.1 Å². The highest BCUT2D eigenvalue weighted by atomic mass is 16.2. The molecule has 0 spiro atoms. The van der Waals surface area contributed by atoms with Gasteiger partial charge in [0, 0.05) is 12.1 Å². The molecule has 0 aliphatic heterocycles. The SMILES string of the molecule is CCc1nnc2c(=O)n(CC(=O)Nc3ccc(C)c(C)c3)c3ccccc3n12. The molecular weight excluding hydrogens is 354 g/mol. The lowest BCUT2D eigenvalue weighted by atomic mass is 10.1. The first-order chi connectivity index (χ1) is 13.5. The number of aromatic nitrogens is 4. The molecule has 0 aliphatic carbocycles. The van der Waals surface area contributed by atoms with E-state index in [9.17, 15) is 9.59 Å². The molecule has 4 aromatic rings. The Morgan fingerprint density at radius 1 is 1.04 bits per heavy atom. The Bertz CT molecular complexity index is 1270. The normalized spacial score (nSPS) is 11.2. The molecule has 7 nitrogen and oxygen atoms in total. The Morgan fingerprint density at radius 3 is 2.50 bits per heavy atom. The van der Waals surface area contributed by atoms with E-state index in [1.807, 2.05) is 63.2 Å². The molecule has 0 radical (unpaired) electrons. The van der Waals surface area contributed by atoms with E-state index in [2.05, 4.69) is 15.5 Å². The van der Waals surface area contributed by atoms with E-state index in [0.717, 1.165) is 22.5 Å². The standard InChI is InChI=1S/C21H21N5O2/c1-4-18-23-24-20-21(28)25(16-7-5-6-8-17(16)26(18)20)12-19(27)22-15-10-9-13(2)14(3)11-15/h5-11H,4,12H2,1-3H3,(H,22,27). The van der Waals surface area contributed by atoms with Crippen LogP contribution in [0.1, 0.15) is 23.9 Å². The molecule has 2 heterocycles. The van der Waals surface area contributed by atoms with E-state index in [1.165, 1.54) is 4.57 Å². The topological polar surface area (TPSA) is 81.3 Å². The fourth-order valence-electron chi connectivity index (χ4n) is 3.37. The van der Waals surface area contributed by atoms with Crippen LogP contribution >= 0.6 is 0 Å². The first kappa shape index (κ1) is 17.9. The second kappa shape index (κ2) is 6.92. The molecule has 2 aromatic heterocycles. The highest BCUT2D eigenvalue weighted by molar-refractivity contribution is 5.92. The van der Waals surface area contributed by atoms with E-state index < -0.39 is 0 Å². The van der Waals surface area contributed by atoms with Crippen molar-refractivity contribution >= 4 is 28.3 Å². The molecular formula is C21H21N5O2. The number of para-hydroxylation sites is 2. The fourth-order valence-corrected chi connectivity index (χ4v) is 3.37. The highest BCUT2D eigenvalue weighted by Gasteiger charge is 2.17. The molecule has 0 saturated heterocycles. The van der Waals surface area contributed by atoms with Gasteiger partial charge in [0.25, 0.3) is 5.56 Å². The van der Waals surface area contributed by atoms with Crippen LogP contribution in [0, 0.1) is 13.8 Å². The van der Waals surface area contributed by atoms with Gasteiger partial charge >= 0.3 is 0 Å². The van der Waals surface area contributed by atoms with Crippen LogP contribution in [0.3, 0.4) is 0 Å². The first-order valence-electron chi connectivity index (χ1n) is 9.22. The maximum absolute atomic E-state index is 13.0. The Kier molecular flexibility index (Phi) is 4.43. The average Bonchev–Trinajstić information content (AvgIpc) is 3.12. The number of aryl methyl sites for hydroxylation is 3. The summed E-state index contributed by atoms with van der Waals surface area (Å²) >= 11 is 0. The Labute approximate surface area is 161 Å². The summed E-state index contributed by atoms with van der Waals surface area (Å²) in [6.07, 6.45) is 0.655. The first-order valence-corrected chi connectivity index (χ1v) is 9.22. The van der Waals surface area contributed by atoms with Gasteiger partial charge in [-0.25, -0.2) is 0 Å². The second-order valence-electron chi connectivity index (χ2n) is 6.86. The predicted molar refractivity (Wildman–Crippen MR) is 109 cm³/mol. The summed E-state index contributed by atoms with van der Waals surface area (Å²) in [5, 5.41) is 11.1. The Balaban J connectivity index is 1.77. The lowest BCUT2D eigenvalue weighted by Crippen LogP contribution is -2.29. The molecule has 28 heavy (non-hydrogen) atoms. The number of carbonyl (C=O) groups excluding carboxylic acids is 1. The lowest BCUT2D eigenvalue weighted by molar-refractivity contribution is -0.116. The molecule has 0 saturated carbocycles. The molecule has 0 atom stereocenters. The predicted octanol–water partition coefficient (Wildman–Crippen LogP) is 2.86. The van der Waals surface area contributed by atoms with Gasteiger partial charge in [-0.3, -0.25) is 18.6 Å². The van der Waals surface area contributed by atoms with E-state index in [-0.39, 0.29) is 23.7 Å². The Morgan fingerprint density at radius 2 is 1.79 bits per heavy atom. The molecule has 1 amide bonds. The summed E-state index contributed by atoms with van der Waals surface area (Å²) in [7, 11) is 0. The Hall–Kier alpha value is -3.48. The minimum absolute atomic E-state index is 0.100. The summed E-state index contributed by atoms with van der Waals surface area (Å²) in [5.41, 5.74) is 4.34. The summed E-state index contributed by atoms with van der Waals surface area (Å²) in [4.78, 5) is 25.7. The van der Waals surface area contributed by atoms with Crippen molar-refractivity contribution < 1.29 is 4.79 Å². The van der Waals surface area contributed by atoms with Crippen molar-refractivity contribution in [1.29, 1.82) is 0 Å². The zero-order chi connectivity index (χ0) is 19.8. The molecule has 142 valence electrons. The molecule has 2 aromatic carbocycles. The molecule has 1 N–H and O–H groups in total. The summed E-state index contributed by atoms with van der Waals surface area (Å²) in [6.45, 7) is 5.88. The summed E-state index contributed by atoms with van der Waals surface area (Å²) in [6, 6.07) is 13.2. The third-order valence-corrected chi connectivity index (χ3v) is 4.99. The quantitative estimate of drug-likeness (QED) is 0.595. The number of hydrogen-bond acceptors (Lipinski definition) is 4. The maximum Gasteiger partial charge on any atom is 0.297 e. The smallest absolute Gasteiger partial charge is 0.297 e. The number of hydrogen-bond donors (Lipinski definition) is 1. The van der Waals surface area contributed by atoms with Crippen molar-refractivity contribution in [3.63, 3.8) is 0 Å². The lowest BCUT2D eigenvalue weighted by Gasteiger charge is -2.13. The summed E-state index contributed by atoms with van der Waals surface area (Å²) in [5.74, 6) is 0.449. The van der Waals surface area contributed by atoms with Gasteiger partial charge in [-0.15, -0.1) is 10.2 Å². The van der Waals surface area contributed by atoms with Crippen LogP contribution in [-0.2, 0) is 17.8 Å². The second-order valence-corrected chi connectivity index (χ2v) is 6.86. The van der Waals surface area contributed by atoms with Gasteiger partial charge in [0.05, 0.1) is 11.0 Å². The van der Waals surface area contributed by atoms with Crippen molar-refractivity contribution in [2.24, 2.45) is 0 Å². The van der Waals surface area contributed by atoms with Crippen molar-refractivity contribution in [3.05, 3.63) is 69.8 Å². The van der Waals surface area contributed by atoms with E-state index in [1.54, 1.807) is 4.40 Å². The zero-order valence-electron chi connectivity index (χ0n) is 16.1. The number of nitrogens with one attached hydrogen (secondary N) is 1. The number of carbonyl (C=O) groups is 1. The van der Waals surface area contributed by atoms with Crippen molar-refractivity contribution in [2.45, 2.75) is 33.7 Å². The van der Waals surface area contributed by atoms with E-state index >= 15 is 0 Å². The molecule has 0 aliphatic rings. The van der Waals surface area contributed by atoms with Crippen LogP contribution < -0.4 is 10.9 Å². The minimum atomic E-state index is -0.332. The number of benzene rings is 2. The number of fused-ring (bicyclic) bond motifs is 3. The third kappa shape index (κ3) is 2.94. The van der Waals surface area contributed by atoms with E-state index in [4.69, 9.17) is 0 Å². The largest absolute Gasteiger partial charge is 0.325 e. The van der Waals surface area contributed by atoms with Gasteiger partial charge < -0.3 is 5.32 Å². The van der Waals surface area contributed by atoms with Crippen LogP contribution in [0.5, 0.6) is 0 Å². The van der Waals surface area contributed by atoms with Crippen LogP contribution in [0.15, 0.2) is 47.3 Å². The van der Waals surface area contributed by atoms with Gasteiger partial charge in [-0.2, -0.15) is 0 Å². The van der Waals surface area contributed by atoms with E-state index in [0.29, 0.717) is 17.6 Å². The number of anilines is 1. The van der Waals surface area contributed by atoms with Crippen molar-refractivity contribution in [2.75, 3.05) is 5.32 Å². The molecule has 0 fully saturated rings. The molecule has 7 heteroatoms. The van der Waals surface area contributed by atoms with Gasteiger partial charge in [-0.1, -0.05) is 25.1 Å². The maximum atomic E-state index is 13.0. The van der Waals surface area contributed by atoms with Gasteiger partial charge in [0.2, 0.25) is 11.6 Å². The monoisotopic (exact) mass is 375 g/mol. The third-order valence-electron chi connectivity index (χ3n) is 4.99. The number of amides is 1. The van der Waals surface area contributed by atoms with Crippen molar-refractivity contribution in [1.82, 2.24) is 19.2 Å². The molecule has 4 rings (SSSR count). The summed E-state index contributed by atoms with van der Waals surface area (Å²) < 4.78 is 3.23. The molecule has 0 bridgehead atoms. The highest BCUT2D eigenvalue weighted by Crippen LogP contribution is 2.17. The van der Waals surface area contributed by atoms with Gasteiger partial charge in [0.1, 0.15) is 12.4 Å². The number of nitrogens with zero attached hydrogens (tertiary/aromatic N) is 4. The average molecular weight is 375 g/mol. The van der Waals surface area contributed by atoms with Crippen LogP contribution in [0.2, 0.25) is 0 Å². The minimum Gasteiger partial charge on any atom is -0.325 e. The fraction of sp³-hybridized carbons (Fsp3) is 0.238. The zero-order valence-corrected chi connectivity index (χ0v) is 16.1. The number of rotatable bonds is 4. The van der Waals surface area contributed by atoms with Crippen LogP contribution in [0.4, 0.5) is 5.69 Å². The van der Waals surface area contributed by atoms with Gasteiger partial charge in [0.15, 0.2) is 0 Å².